The average molecular weight is 452 g/mol. The second-order valence-electron chi connectivity index (χ2n) is 5.74. The zero-order valence-electron chi connectivity index (χ0n) is 15.1. The molecule has 0 saturated heterocycles. The third-order valence-electron chi connectivity index (χ3n) is 3.75. The number of hydrogen-bond donors (Lipinski definition) is 0. The van der Waals surface area contributed by atoms with Crippen molar-refractivity contribution in [2.24, 2.45) is 0 Å². The van der Waals surface area contributed by atoms with Crippen LogP contribution in [0.1, 0.15) is 28.4 Å². The van der Waals surface area contributed by atoms with Gasteiger partial charge in [-0.3, -0.25) is 9.69 Å². The standard InChI is InChI=1S/C18H14F6N2OS2/c1-3-29-13-8-11(17(19,20)21)5-6-12(13)16(27)26(2)14-7-4-10(9-25-14)15(28)18(22,23)24/h4-9H,3H2,1-2H3. The molecule has 0 atom stereocenters. The smallest absolute Gasteiger partial charge is 0.296 e. The second-order valence-corrected chi connectivity index (χ2v) is 7.45. The molecule has 0 unspecified atom stereocenters. The first-order valence-corrected chi connectivity index (χ1v) is 9.45. The van der Waals surface area contributed by atoms with Gasteiger partial charge in [0.1, 0.15) is 10.7 Å². The lowest BCUT2D eigenvalue weighted by atomic mass is 10.1. The molecule has 0 aliphatic rings. The Morgan fingerprint density at radius 3 is 2.28 bits per heavy atom. The summed E-state index contributed by atoms with van der Waals surface area (Å²) >= 11 is 5.42. The van der Waals surface area contributed by atoms with Gasteiger partial charge in [-0.15, -0.1) is 11.8 Å². The van der Waals surface area contributed by atoms with Crippen molar-refractivity contribution in [2.75, 3.05) is 17.7 Å². The van der Waals surface area contributed by atoms with Gasteiger partial charge in [-0.2, -0.15) is 26.3 Å². The summed E-state index contributed by atoms with van der Waals surface area (Å²) in [5.74, 6) is -0.183. The van der Waals surface area contributed by atoms with Gasteiger partial charge in [0.05, 0.1) is 11.1 Å². The fourth-order valence-corrected chi connectivity index (χ4v) is 3.27. The van der Waals surface area contributed by atoms with E-state index in [9.17, 15) is 31.1 Å². The van der Waals surface area contributed by atoms with Crippen molar-refractivity contribution in [3.05, 3.63) is 53.2 Å². The van der Waals surface area contributed by atoms with Crippen LogP contribution in [0.15, 0.2) is 41.4 Å². The highest BCUT2D eigenvalue weighted by Crippen LogP contribution is 2.34. The van der Waals surface area contributed by atoms with Crippen LogP contribution < -0.4 is 4.90 Å². The number of thioether (sulfide) groups is 1. The van der Waals surface area contributed by atoms with Gasteiger partial charge in [0, 0.05) is 23.7 Å². The number of benzene rings is 1. The number of thiocarbonyl (C=S) groups is 1. The molecule has 0 spiro atoms. The van der Waals surface area contributed by atoms with Crippen molar-refractivity contribution in [1.29, 1.82) is 0 Å². The predicted octanol–water partition coefficient (Wildman–Crippen LogP) is 5.77. The minimum Gasteiger partial charge on any atom is -0.296 e. The zero-order valence-corrected chi connectivity index (χ0v) is 16.7. The summed E-state index contributed by atoms with van der Waals surface area (Å²) in [5.41, 5.74) is -1.17. The molecule has 0 aliphatic heterocycles. The predicted molar refractivity (Wildman–Crippen MR) is 103 cm³/mol. The van der Waals surface area contributed by atoms with Crippen LogP contribution in [0.2, 0.25) is 0 Å². The maximum atomic E-state index is 12.9. The first-order chi connectivity index (χ1) is 13.4. The summed E-state index contributed by atoms with van der Waals surface area (Å²) in [7, 11) is 1.32. The van der Waals surface area contributed by atoms with Gasteiger partial charge >= 0.3 is 12.4 Å². The number of rotatable bonds is 5. The molecular formula is C18H14F6N2OS2. The molecule has 0 aliphatic carbocycles. The van der Waals surface area contributed by atoms with Crippen molar-refractivity contribution in [3.63, 3.8) is 0 Å². The minimum absolute atomic E-state index is 0.0241. The summed E-state index contributed by atoms with van der Waals surface area (Å²) < 4.78 is 76.8. The molecule has 0 bridgehead atoms. The molecule has 2 rings (SSSR count). The number of nitrogens with zero attached hydrogens (tertiary/aromatic N) is 2. The summed E-state index contributed by atoms with van der Waals surface area (Å²) in [5, 5.41) is 0. The maximum Gasteiger partial charge on any atom is 0.427 e. The fourth-order valence-electron chi connectivity index (χ4n) is 2.32. The Morgan fingerprint density at radius 1 is 1.14 bits per heavy atom. The van der Waals surface area contributed by atoms with Crippen LogP contribution in [-0.2, 0) is 6.18 Å². The summed E-state index contributed by atoms with van der Waals surface area (Å²) in [6.45, 7) is 1.73. The van der Waals surface area contributed by atoms with E-state index in [1.54, 1.807) is 6.92 Å². The number of aromatic nitrogens is 1. The van der Waals surface area contributed by atoms with Crippen LogP contribution in [0.3, 0.4) is 0 Å². The number of alkyl halides is 6. The normalized spacial score (nSPS) is 12.0. The highest BCUT2D eigenvalue weighted by molar-refractivity contribution is 7.99. The maximum absolute atomic E-state index is 12.9. The lowest BCUT2D eigenvalue weighted by molar-refractivity contribution is -0.137. The molecule has 11 heteroatoms. The van der Waals surface area contributed by atoms with Gasteiger partial charge in [-0.25, -0.2) is 4.98 Å². The van der Waals surface area contributed by atoms with E-state index in [-0.39, 0.29) is 21.8 Å². The zero-order chi connectivity index (χ0) is 22.0. The Morgan fingerprint density at radius 2 is 1.79 bits per heavy atom. The highest BCUT2D eigenvalue weighted by atomic mass is 32.2. The van der Waals surface area contributed by atoms with Gasteiger partial charge in [0.15, 0.2) is 0 Å². The molecule has 2 aromatic rings. The summed E-state index contributed by atoms with van der Waals surface area (Å²) in [6, 6.07) is 5.04. The molecule has 156 valence electrons. The number of carbonyl (C=O) groups excluding carboxylic acids is 1. The Labute approximate surface area is 172 Å². The van der Waals surface area contributed by atoms with E-state index in [0.29, 0.717) is 5.75 Å². The quantitative estimate of drug-likeness (QED) is 0.250. The fraction of sp³-hybridized carbons (Fsp3) is 0.278. The van der Waals surface area contributed by atoms with Crippen LogP contribution in [0.25, 0.3) is 0 Å². The lowest BCUT2D eigenvalue weighted by Gasteiger charge is -2.19. The topological polar surface area (TPSA) is 33.2 Å². The minimum atomic E-state index is -4.69. The molecular weight excluding hydrogens is 438 g/mol. The summed E-state index contributed by atoms with van der Waals surface area (Å²) in [4.78, 5) is 16.5. The van der Waals surface area contributed by atoms with Crippen molar-refractivity contribution >= 4 is 40.6 Å². The van der Waals surface area contributed by atoms with Crippen LogP contribution >= 0.6 is 24.0 Å². The Hall–Kier alpha value is -2.14. The van der Waals surface area contributed by atoms with Crippen molar-refractivity contribution in [2.45, 2.75) is 24.2 Å². The molecule has 0 radical (unpaired) electrons. The molecule has 1 amide bonds. The largest absolute Gasteiger partial charge is 0.427 e. The van der Waals surface area contributed by atoms with Crippen LogP contribution in [0.5, 0.6) is 0 Å². The number of anilines is 1. The average Bonchev–Trinajstić information content (AvgIpc) is 2.65. The van der Waals surface area contributed by atoms with E-state index < -0.39 is 28.7 Å². The first kappa shape index (κ1) is 23.1. The number of halogens is 6. The second kappa shape index (κ2) is 8.70. The summed E-state index contributed by atoms with van der Waals surface area (Å²) in [6.07, 6.45) is -8.35. The van der Waals surface area contributed by atoms with Crippen molar-refractivity contribution < 1.29 is 31.1 Å². The van der Waals surface area contributed by atoms with E-state index in [1.165, 1.54) is 13.1 Å². The van der Waals surface area contributed by atoms with E-state index in [2.05, 4.69) is 17.2 Å². The van der Waals surface area contributed by atoms with Gasteiger partial charge in [-0.05, 0) is 36.1 Å². The Balaban J connectivity index is 2.33. The SMILES string of the molecule is CCSc1cc(C(F)(F)F)ccc1C(=O)N(C)c1ccc(C(=S)C(F)(F)F)cn1. The lowest BCUT2D eigenvalue weighted by Crippen LogP contribution is -2.28. The Bertz CT molecular complexity index is 910. The third-order valence-corrected chi connectivity index (χ3v) is 5.16. The molecule has 1 aromatic carbocycles. The van der Waals surface area contributed by atoms with Crippen molar-refractivity contribution in [1.82, 2.24) is 4.98 Å². The number of pyridine rings is 1. The van der Waals surface area contributed by atoms with E-state index >= 15 is 0 Å². The molecule has 0 N–H and O–H groups in total. The van der Waals surface area contributed by atoms with Crippen LogP contribution in [0, 0.1) is 0 Å². The van der Waals surface area contributed by atoms with E-state index in [4.69, 9.17) is 0 Å². The van der Waals surface area contributed by atoms with Gasteiger partial charge in [0.2, 0.25) is 0 Å². The highest BCUT2D eigenvalue weighted by Gasteiger charge is 2.35. The van der Waals surface area contributed by atoms with E-state index in [0.717, 1.165) is 47.1 Å². The van der Waals surface area contributed by atoms with E-state index in [1.807, 2.05) is 0 Å². The molecule has 1 aromatic heterocycles. The number of amides is 1. The third kappa shape index (κ3) is 5.47. The monoisotopic (exact) mass is 452 g/mol. The van der Waals surface area contributed by atoms with Crippen LogP contribution in [0.4, 0.5) is 32.2 Å². The van der Waals surface area contributed by atoms with Gasteiger partial charge in [0.25, 0.3) is 5.91 Å². The molecule has 1 heterocycles. The van der Waals surface area contributed by atoms with Crippen LogP contribution in [-0.4, -0.2) is 34.7 Å². The first-order valence-electron chi connectivity index (χ1n) is 8.06. The number of hydrogen-bond acceptors (Lipinski definition) is 4. The Kier molecular flexibility index (Phi) is 6.94. The molecule has 3 nitrogen and oxygen atoms in total. The molecule has 29 heavy (non-hydrogen) atoms. The van der Waals surface area contributed by atoms with Gasteiger partial charge < -0.3 is 0 Å². The number of carbonyl (C=O) groups is 1. The molecule has 0 fully saturated rings. The molecule has 0 saturated carbocycles. The van der Waals surface area contributed by atoms with Gasteiger partial charge in [-0.1, -0.05) is 19.1 Å². The van der Waals surface area contributed by atoms with Crippen molar-refractivity contribution in [3.8, 4) is 0 Å².